The van der Waals surface area contributed by atoms with Gasteiger partial charge in [0.05, 0.1) is 11.5 Å². The molecule has 98 valence electrons. The van der Waals surface area contributed by atoms with Gasteiger partial charge in [-0.2, -0.15) is 0 Å². The summed E-state index contributed by atoms with van der Waals surface area (Å²) >= 11 is 0. The lowest BCUT2D eigenvalue weighted by molar-refractivity contribution is -0.384. The van der Waals surface area contributed by atoms with Crippen LogP contribution in [-0.4, -0.2) is 35.9 Å². The van der Waals surface area contributed by atoms with Gasteiger partial charge in [-0.25, -0.2) is 0 Å². The second kappa shape index (κ2) is 6.70. The highest BCUT2D eigenvalue weighted by Crippen LogP contribution is 2.12. The predicted molar refractivity (Wildman–Crippen MR) is 68.1 cm³/mol. The van der Waals surface area contributed by atoms with E-state index in [9.17, 15) is 14.9 Å². The van der Waals surface area contributed by atoms with Crippen LogP contribution in [0.4, 0.5) is 5.69 Å². The van der Waals surface area contributed by atoms with Gasteiger partial charge < -0.3 is 10.2 Å². The number of benzene rings is 1. The van der Waals surface area contributed by atoms with Crippen molar-refractivity contribution in [2.75, 3.05) is 20.1 Å². The molecule has 1 N–H and O–H groups in total. The molecule has 0 aromatic heterocycles. The molecule has 0 bridgehead atoms. The quantitative estimate of drug-likeness (QED) is 0.608. The summed E-state index contributed by atoms with van der Waals surface area (Å²) in [5.41, 5.74) is 0.849. The van der Waals surface area contributed by atoms with E-state index >= 15 is 0 Å². The lowest BCUT2D eigenvalue weighted by Gasteiger charge is -2.14. The Hall–Kier alpha value is -1.95. The highest BCUT2D eigenvalue weighted by molar-refractivity contribution is 5.77. The number of hydrogen-bond acceptors (Lipinski definition) is 4. The van der Waals surface area contributed by atoms with Crippen molar-refractivity contribution in [3.63, 3.8) is 0 Å². The summed E-state index contributed by atoms with van der Waals surface area (Å²) in [6.45, 7) is 3.23. The Morgan fingerprint density at radius 1 is 1.50 bits per heavy atom. The zero-order chi connectivity index (χ0) is 13.5. The normalized spacial score (nSPS) is 10.1. The number of non-ortho nitro benzene ring substituents is 1. The minimum Gasteiger partial charge on any atom is -0.345 e. The first kappa shape index (κ1) is 14.1. The Labute approximate surface area is 106 Å². The average Bonchev–Trinajstić information content (AvgIpc) is 2.38. The molecule has 0 aliphatic heterocycles. The first-order chi connectivity index (χ1) is 8.54. The van der Waals surface area contributed by atoms with E-state index in [-0.39, 0.29) is 18.1 Å². The molecule has 0 aliphatic carbocycles. The Kier molecular flexibility index (Phi) is 5.26. The van der Waals surface area contributed by atoms with E-state index in [1.165, 1.54) is 12.1 Å². The van der Waals surface area contributed by atoms with Gasteiger partial charge in [0.2, 0.25) is 5.91 Å². The molecule has 6 heteroatoms. The second-order valence-electron chi connectivity index (χ2n) is 3.94. The van der Waals surface area contributed by atoms with Gasteiger partial charge in [-0.15, -0.1) is 0 Å². The van der Waals surface area contributed by atoms with Gasteiger partial charge in [-0.05, 0) is 12.5 Å². The number of likely N-dealkylation sites (N-methyl/N-ethyl adjacent to an activating group) is 1. The number of nitro benzene ring substituents is 1. The van der Waals surface area contributed by atoms with E-state index in [0.717, 1.165) is 5.56 Å². The van der Waals surface area contributed by atoms with Crippen LogP contribution in [0.3, 0.4) is 0 Å². The van der Waals surface area contributed by atoms with Crippen LogP contribution in [0.15, 0.2) is 24.3 Å². The van der Waals surface area contributed by atoms with E-state index in [2.05, 4.69) is 5.32 Å². The second-order valence-corrected chi connectivity index (χ2v) is 3.94. The molecule has 0 radical (unpaired) electrons. The van der Waals surface area contributed by atoms with Crippen LogP contribution in [0.5, 0.6) is 0 Å². The molecule has 1 amide bonds. The van der Waals surface area contributed by atoms with Gasteiger partial charge in [0, 0.05) is 32.3 Å². The fourth-order valence-electron chi connectivity index (χ4n) is 1.41. The molecule has 0 fully saturated rings. The Morgan fingerprint density at radius 2 is 2.22 bits per heavy atom. The van der Waals surface area contributed by atoms with Gasteiger partial charge in [-0.1, -0.05) is 12.1 Å². The first-order valence-corrected chi connectivity index (χ1v) is 5.72. The third-order valence-corrected chi connectivity index (χ3v) is 2.63. The van der Waals surface area contributed by atoms with Crippen LogP contribution in [0, 0.1) is 10.1 Å². The summed E-state index contributed by atoms with van der Waals surface area (Å²) in [7, 11) is 1.73. The van der Waals surface area contributed by atoms with Gasteiger partial charge in [-0.3, -0.25) is 14.9 Å². The van der Waals surface area contributed by atoms with Crippen LogP contribution in [0.1, 0.15) is 12.5 Å². The molecule has 1 aromatic rings. The zero-order valence-corrected chi connectivity index (χ0v) is 10.5. The number of nitrogens with one attached hydrogen (secondary N) is 1. The molecule has 1 aromatic carbocycles. The fraction of sp³-hybridized carbons (Fsp3) is 0.417. The molecule has 6 nitrogen and oxygen atoms in total. The van der Waals surface area contributed by atoms with E-state index in [1.54, 1.807) is 24.1 Å². The SMILES string of the molecule is CCN(C)C(=O)CNCc1cccc([N+](=O)[O-])c1. The maximum Gasteiger partial charge on any atom is 0.269 e. The molecule has 18 heavy (non-hydrogen) atoms. The van der Waals surface area contributed by atoms with Gasteiger partial charge >= 0.3 is 0 Å². The summed E-state index contributed by atoms with van der Waals surface area (Å²) in [6, 6.07) is 6.36. The number of hydrogen-bond donors (Lipinski definition) is 1. The maximum absolute atomic E-state index is 11.5. The van der Waals surface area contributed by atoms with Crippen molar-refractivity contribution in [2.45, 2.75) is 13.5 Å². The highest BCUT2D eigenvalue weighted by atomic mass is 16.6. The van der Waals surface area contributed by atoms with Crippen LogP contribution < -0.4 is 5.32 Å². The minimum absolute atomic E-state index is 0.00271. The zero-order valence-electron chi connectivity index (χ0n) is 10.5. The van der Waals surface area contributed by atoms with E-state index in [4.69, 9.17) is 0 Å². The number of rotatable bonds is 6. The summed E-state index contributed by atoms with van der Waals surface area (Å²) in [6.07, 6.45) is 0. The third-order valence-electron chi connectivity index (χ3n) is 2.63. The largest absolute Gasteiger partial charge is 0.345 e. The number of nitro groups is 1. The number of amides is 1. The highest BCUT2D eigenvalue weighted by Gasteiger charge is 2.07. The molecular formula is C12H17N3O3. The van der Waals surface area contributed by atoms with Crippen molar-refractivity contribution >= 4 is 11.6 Å². The molecular weight excluding hydrogens is 234 g/mol. The monoisotopic (exact) mass is 251 g/mol. The summed E-state index contributed by atoms with van der Waals surface area (Å²) in [5, 5.41) is 13.6. The van der Waals surface area contributed by atoms with Crippen LogP contribution >= 0.6 is 0 Å². The molecule has 0 saturated heterocycles. The number of carbonyl (C=O) groups is 1. The standard InChI is InChI=1S/C12H17N3O3/c1-3-14(2)12(16)9-13-8-10-5-4-6-11(7-10)15(17)18/h4-7,13H,3,8-9H2,1-2H3. The van der Waals surface area contributed by atoms with Crippen molar-refractivity contribution in [1.82, 2.24) is 10.2 Å². The number of carbonyl (C=O) groups excluding carboxylic acids is 1. The van der Waals surface area contributed by atoms with Gasteiger partial charge in [0.1, 0.15) is 0 Å². The Morgan fingerprint density at radius 3 is 2.83 bits per heavy atom. The fourth-order valence-corrected chi connectivity index (χ4v) is 1.41. The first-order valence-electron chi connectivity index (χ1n) is 5.72. The van der Waals surface area contributed by atoms with Crippen LogP contribution in [0.2, 0.25) is 0 Å². The minimum atomic E-state index is -0.431. The smallest absolute Gasteiger partial charge is 0.269 e. The average molecular weight is 251 g/mol. The summed E-state index contributed by atoms with van der Waals surface area (Å²) in [4.78, 5) is 23.3. The van der Waals surface area contributed by atoms with E-state index < -0.39 is 4.92 Å². The number of nitrogens with zero attached hydrogens (tertiary/aromatic N) is 2. The lowest BCUT2D eigenvalue weighted by Crippen LogP contribution is -2.35. The van der Waals surface area contributed by atoms with Gasteiger partial charge in [0.15, 0.2) is 0 Å². The van der Waals surface area contributed by atoms with Gasteiger partial charge in [0.25, 0.3) is 5.69 Å². The molecule has 0 unspecified atom stereocenters. The molecule has 0 spiro atoms. The molecule has 0 heterocycles. The Balaban J connectivity index is 2.47. The maximum atomic E-state index is 11.5. The summed E-state index contributed by atoms with van der Waals surface area (Å²) in [5.74, 6) is 0.00271. The topological polar surface area (TPSA) is 75.5 Å². The van der Waals surface area contributed by atoms with E-state index in [1.807, 2.05) is 6.92 Å². The van der Waals surface area contributed by atoms with Crippen molar-refractivity contribution in [3.8, 4) is 0 Å². The Bertz CT molecular complexity index is 434. The third kappa shape index (κ3) is 4.14. The van der Waals surface area contributed by atoms with Crippen molar-refractivity contribution < 1.29 is 9.72 Å². The molecule has 0 saturated carbocycles. The molecule has 1 rings (SSSR count). The lowest BCUT2D eigenvalue weighted by atomic mass is 10.2. The van der Waals surface area contributed by atoms with Crippen molar-refractivity contribution in [1.29, 1.82) is 0 Å². The molecule has 0 atom stereocenters. The predicted octanol–water partition coefficient (Wildman–Crippen LogP) is 1.16. The summed E-state index contributed by atoms with van der Waals surface area (Å²) < 4.78 is 0. The van der Waals surface area contributed by atoms with E-state index in [0.29, 0.717) is 13.1 Å². The van der Waals surface area contributed by atoms with Crippen LogP contribution in [0.25, 0.3) is 0 Å². The molecule has 0 aliphatic rings. The van der Waals surface area contributed by atoms with Crippen molar-refractivity contribution in [2.24, 2.45) is 0 Å². The van der Waals surface area contributed by atoms with Crippen molar-refractivity contribution in [3.05, 3.63) is 39.9 Å². The van der Waals surface area contributed by atoms with Crippen LogP contribution in [-0.2, 0) is 11.3 Å².